The summed E-state index contributed by atoms with van der Waals surface area (Å²) in [5.41, 5.74) is 5.04. The lowest BCUT2D eigenvalue weighted by Crippen LogP contribution is -2.19. The number of nitrogens with zero attached hydrogens (tertiary/aromatic N) is 2. The van der Waals surface area contributed by atoms with E-state index in [0.29, 0.717) is 0 Å². The number of aryl methyl sites for hydroxylation is 2. The number of aromatic nitrogens is 1. The Balaban J connectivity index is 2.14. The molecule has 0 aliphatic rings. The maximum Gasteiger partial charge on any atom is 0.131 e. The molecule has 106 valence electrons. The quantitative estimate of drug-likeness (QED) is 0.904. The molecule has 1 N–H and O–H groups in total. The molecule has 20 heavy (non-hydrogen) atoms. The number of nitrogens with one attached hydrogen (secondary N) is 1. The third kappa shape index (κ3) is 3.58. The van der Waals surface area contributed by atoms with Gasteiger partial charge in [-0.15, -0.1) is 0 Å². The van der Waals surface area contributed by atoms with Crippen LogP contribution < -0.4 is 10.2 Å². The molecular weight excluding hydrogens is 246 g/mol. The van der Waals surface area contributed by atoms with Crippen LogP contribution >= 0.6 is 0 Å². The molecule has 0 aliphatic heterocycles. The van der Waals surface area contributed by atoms with Crippen molar-refractivity contribution in [3.8, 4) is 0 Å². The van der Waals surface area contributed by atoms with E-state index in [1.807, 2.05) is 13.2 Å². The number of hydrogen-bond acceptors (Lipinski definition) is 3. The van der Waals surface area contributed by atoms with E-state index < -0.39 is 0 Å². The largest absolute Gasteiger partial charge is 0.355 e. The molecule has 0 spiro atoms. The number of hydrogen-bond donors (Lipinski definition) is 1. The van der Waals surface area contributed by atoms with Crippen LogP contribution in [0.25, 0.3) is 0 Å². The molecule has 0 amide bonds. The van der Waals surface area contributed by atoms with Gasteiger partial charge >= 0.3 is 0 Å². The first-order valence-electron chi connectivity index (χ1n) is 6.97. The number of anilines is 1. The first kappa shape index (κ1) is 14.5. The Morgan fingerprint density at radius 3 is 2.60 bits per heavy atom. The second-order valence-corrected chi connectivity index (χ2v) is 5.36. The van der Waals surface area contributed by atoms with Crippen molar-refractivity contribution in [1.29, 1.82) is 0 Å². The number of benzene rings is 1. The summed E-state index contributed by atoms with van der Waals surface area (Å²) in [6.07, 6.45) is 1.95. The van der Waals surface area contributed by atoms with Gasteiger partial charge in [-0.1, -0.05) is 29.8 Å². The first-order chi connectivity index (χ1) is 9.60. The van der Waals surface area contributed by atoms with E-state index in [9.17, 15) is 0 Å². The summed E-state index contributed by atoms with van der Waals surface area (Å²) in [6.45, 7) is 5.98. The Morgan fingerprint density at radius 2 is 1.95 bits per heavy atom. The Kier molecular flexibility index (Phi) is 4.74. The average Bonchev–Trinajstić information content (AvgIpc) is 2.39. The second-order valence-electron chi connectivity index (χ2n) is 5.36. The van der Waals surface area contributed by atoms with E-state index in [2.05, 4.69) is 66.4 Å². The van der Waals surface area contributed by atoms with Gasteiger partial charge in [0.15, 0.2) is 0 Å². The van der Waals surface area contributed by atoms with Crippen molar-refractivity contribution in [2.24, 2.45) is 0 Å². The monoisotopic (exact) mass is 269 g/mol. The van der Waals surface area contributed by atoms with Crippen LogP contribution in [0.1, 0.15) is 22.3 Å². The SMILES string of the molecule is CNCc1cnc(N(C)Cc2cccc(C)c2)c(C)c1. The van der Waals surface area contributed by atoms with E-state index >= 15 is 0 Å². The fourth-order valence-electron chi connectivity index (χ4n) is 2.49. The molecule has 0 aliphatic carbocycles. The highest BCUT2D eigenvalue weighted by atomic mass is 15.2. The van der Waals surface area contributed by atoms with Crippen molar-refractivity contribution in [1.82, 2.24) is 10.3 Å². The highest BCUT2D eigenvalue weighted by molar-refractivity contribution is 5.47. The molecular formula is C17H23N3. The van der Waals surface area contributed by atoms with Gasteiger partial charge in [-0.05, 0) is 43.7 Å². The van der Waals surface area contributed by atoms with Gasteiger partial charge in [-0.25, -0.2) is 4.98 Å². The molecule has 0 unspecified atom stereocenters. The molecule has 3 nitrogen and oxygen atoms in total. The van der Waals surface area contributed by atoms with Crippen molar-refractivity contribution in [2.45, 2.75) is 26.9 Å². The minimum absolute atomic E-state index is 0.857. The van der Waals surface area contributed by atoms with Crippen molar-refractivity contribution in [2.75, 3.05) is 19.0 Å². The molecule has 0 atom stereocenters. The zero-order chi connectivity index (χ0) is 14.5. The van der Waals surface area contributed by atoms with Gasteiger partial charge < -0.3 is 10.2 Å². The summed E-state index contributed by atoms with van der Waals surface area (Å²) < 4.78 is 0. The molecule has 0 fully saturated rings. The van der Waals surface area contributed by atoms with E-state index in [0.717, 1.165) is 18.9 Å². The Hall–Kier alpha value is -1.87. The molecule has 0 bridgehead atoms. The highest BCUT2D eigenvalue weighted by Crippen LogP contribution is 2.19. The van der Waals surface area contributed by atoms with Crippen LogP contribution in [0, 0.1) is 13.8 Å². The predicted molar refractivity (Wildman–Crippen MR) is 85.0 cm³/mol. The van der Waals surface area contributed by atoms with E-state index in [1.165, 1.54) is 22.3 Å². The zero-order valence-electron chi connectivity index (χ0n) is 12.8. The second kappa shape index (κ2) is 6.53. The topological polar surface area (TPSA) is 28.2 Å². The van der Waals surface area contributed by atoms with Gasteiger partial charge in [0.2, 0.25) is 0 Å². The van der Waals surface area contributed by atoms with Crippen molar-refractivity contribution in [3.05, 3.63) is 58.8 Å². The number of pyridine rings is 1. The molecule has 2 aromatic rings. The zero-order valence-corrected chi connectivity index (χ0v) is 12.8. The van der Waals surface area contributed by atoms with Gasteiger partial charge in [0, 0.05) is 26.3 Å². The Bertz CT molecular complexity index is 578. The van der Waals surface area contributed by atoms with Crippen LogP contribution in [0.4, 0.5) is 5.82 Å². The van der Waals surface area contributed by atoms with Gasteiger partial charge in [0.25, 0.3) is 0 Å². The van der Waals surface area contributed by atoms with Gasteiger partial charge in [0.1, 0.15) is 5.82 Å². The van der Waals surface area contributed by atoms with E-state index in [-0.39, 0.29) is 0 Å². The third-order valence-electron chi connectivity index (χ3n) is 3.35. The lowest BCUT2D eigenvalue weighted by molar-refractivity contribution is 0.807. The smallest absolute Gasteiger partial charge is 0.131 e. The molecule has 1 aromatic heterocycles. The van der Waals surface area contributed by atoms with E-state index in [4.69, 9.17) is 0 Å². The predicted octanol–water partition coefficient (Wildman–Crippen LogP) is 3.05. The van der Waals surface area contributed by atoms with E-state index in [1.54, 1.807) is 0 Å². The summed E-state index contributed by atoms with van der Waals surface area (Å²) >= 11 is 0. The summed E-state index contributed by atoms with van der Waals surface area (Å²) in [5.74, 6) is 1.05. The van der Waals surface area contributed by atoms with Crippen LogP contribution in [0.15, 0.2) is 36.5 Å². The van der Waals surface area contributed by atoms with Crippen LogP contribution in [0.2, 0.25) is 0 Å². The molecule has 1 aromatic carbocycles. The van der Waals surface area contributed by atoms with Crippen LogP contribution in [0.5, 0.6) is 0 Å². The lowest BCUT2D eigenvalue weighted by Gasteiger charge is -2.21. The van der Waals surface area contributed by atoms with Gasteiger partial charge in [0.05, 0.1) is 0 Å². The molecule has 0 saturated heterocycles. The first-order valence-corrected chi connectivity index (χ1v) is 6.97. The highest BCUT2D eigenvalue weighted by Gasteiger charge is 2.08. The van der Waals surface area contributed by atoms with Crippen molar-refractivity contribution in [3.63, 3.8) is 0 Å². The molecule has 2 rings (SSSR count). The maximum absolute atomic E-state index is 4.60. The number of rotatable bonds is 5. The maximum atomic E-state index is 4.60. The summed E-state index contributed by atoms with van der Waals surface area (Å²) in [4.78, 5) is 6.80. The van der Waals surface area contributed by atoms with Crippen molar-refractivity contribution >= 4 is 5.82 Å². The van der Waals surface area contributed by atoms with Crippen LogP contribution in [-0.2, 0) is 13.1 Å². The standard InChI is InChI=1S/C17H23N3/c1-13-6-5-7-15(8-13)12-20(4)17-14(2)9-16(10-18-3)11-19-17/h5-9,11,18H,10,12H2,1-4H3. The third-order valence-corrected chi connectivity index (χ3v) is 3.35. The Morgan fingerprint density at radius 1 is 1.15 bits per heavy atom. The van der Waals surface area contributed by atoms with Gasteiger partial charge in [-0.3, -0.25) is 0 Å². The van der Waals surface area contributed by atoms with Crippen LogP contribution in [0.3, 0.4) is 0 Å². The molecule has 0 radical (unpaired) electrons. The average molecular weight is 269 g/mol. The summed E-state index contributed by atoms with van der Waals surface area (Å²) in [7, 11) is 4.04. The molecule has 1 heterocycles. The van der Waals surface area contributed by atoms with Gasteiger partial charge in [-0.2, -0.15) is 0 Å². The van der Waals surface area contributed by atoms with Crippen LogP contribution in [-0.4, -0.2) is 19.1 Å². The normalized spacial score (nSPS) is 10.6. The fraction of sp³-hybridized carbons (Fsp3) is 0.353. The van der Waals surface area contributed by atoms with Crippen molar-refractivity contribution < 1.29 is 0 Å². The fourth-order valence-corrected chi connectivity index (χ4v) is 2.49. The molecule has 0 saturated carbocycles. The minimum atomic E-state index is 0.857. The summed E-state index contributed by atoms with van der Waals surface area (Å²) in [5, 5.41) is 3.15. The minimum Gasteiger partial charge on any atom is -0.355 e. The summed E-state index contributed by atoms with van der Waals surface area (Å²) in [6, 6.07) is 10.8. The molecule has 3 heteroatoms. The lowest BCUT2D eigenvalue weighted by atomic mass is 10.1. The Labute approximate surface area is 121 Å².